The second-order valence-corrected chi connectivity index (χ2v) is 5.08. The zero-order valence-corrected chi connectivity index (χ0v) is 11.5. The molecule has 0 amide bonds. The molecule has 2 aromatic rings. The second kappa shape index (κ2) is 6.02. The first kappa shape index (κ1) is 13.1. The van der Waals surface area contributed by atoms with Crippen molar-refractivity contribution >= 4 is 11.8 Å². The van der Waals surface area contributed by atoms with Crippen molar-refractivity contribution in [2.75, 3.05) is 6.26 Å². The molecule has 0 aliphatic heterocycles. The van der Waals surface area contributed by atoms with Gasteiger partial charge in [0.2, 0.25) is 0 Å². The summed E-state index contributed by atoms with van der Waals surface area (Å²) in [5.74, 6) is 0. The van der Waals surface area contributed by atoms with Gasteiger partial charge in [-0.3, -0.25) is 0 Å². The maximum Gasteiger partial charge on any atom is 0.0994 e. The van der Waals surface area contributed by atoms with Crippen LogP contribution in [-0.2, 0) is 6.54 Å². The molecule has 1 unspecified atom stereocenters. The largest absolute Gasteiger partial charge is 0.323 e. The maximum atomic E-state index is 5.92. The summed E-state index contributed by atoms with van der Waals surface area (Å²) in [4.78, 5) is 1.27. The number of hydrogen-bond donors (Lipinski definition) is 1. The third-order valence-corrected chi connectivity index (χ3v) is 3.62. The lowest BCUT2D eigenvalue weighted by molar-refractivity contribution is 0.644. The highest BCUT2D eigenvalue weighted by Gasteiger charge is 2.08. The van der Waals surface area contributed by atoms with Crippen LogP contribution in [0.2, 0.25) is 0 Å². The molecule has 96 valence electrons. The predicted octanol–water partition coefficient (Wildman–Crippen LogP) is 2.46. The summed E-state index contributed by atoms with van der Waals surface area (Å²) in [6.45, 7) is 2.78. The number of nitrogens with zero attached hydrogens (tertiary/aromatic N) is 3. The van der Waals surface area contributed by atoms with Gasteiger partial charge in [0.1, 0.15) is 0 Å². The van der Waals surface area contributed by atoms with Crippen LogP contribution < -0.4 is 5.73 Å². The van der Waals surface area contributed by atoms with Crippen LogP contribution in [0.4, 0.5) is 0 Å². The molecule has 5 heteroatoms. The molecule has 1 aromatic carbocycles. The minimum absolute atomic E-state index is 0.0161. The topological polar surface area (TPSA) is 56.7 Å². The van der Waals surface area contributed by atoms with E-state index in [1.807, 2.05) is 17.8 Å². The first-order chi connectivity index (χ1) is 8.72. The number of benzene rings is 1. The smallest absolute Gasteiger partial charge is 0.0994 e. The van der Waals surface area contributed by atoms with Gasteiger partial charge in [0.15, 0.2) is 0 Å². The summed E-state index contributed by atoms with van der Waals surface area (Å²) in [7, 11) is 0. The molecule has 1 heterocycles. The van der Waals surface area contributed by atoms with E-state index in [2.05, 4.69) is 40.8 Å². The van der Waals surface area contributed by atoms with Gasteiger partial charge in [-0.05, 0) is 30.4 Å². The number of nitrogens with two attached hydrogens (primary N) is 1. The van der Waals surface area contributed by atoms with E-state index >= 15 is 0 Å². The molecule has 0 saturated carbocycles. The van der Waals surface area contributed by atoms with Gasteiger partial charge in [0, 0.05) is 4.90 Å². The number of hydrogen-bond acceptors (Lipinski definition) is 4. The molecular formula is C13H18N4S. The van der Waals surface area contributed by atoms with Crippen molar-refractivity contribution in [3.8, 4) is 0 Å². The van der Waals surface area contributed by atoms with Crippen molar-refractivity contribution in [1.29, 1.82) is 0 Å². The zero-order chi connectivity index (χ0) is 13.0. The van der Waals surface area contributed by atoms with Crippen LogP contribution in [0.15, 0.2) is 35.4 Å². The van der Waals surface area contributed by atoms with Gasteiger partial charge < -0.3 is 5.73 Å². The Bertz CT molecular complexity index is 492. The Hall–Kier alpha value is -1.33. The fourth-order valence-corrected chi connectivity index (χ4v) is 2.10. The molecule has 0 fully saturated rings. The minimum atomic E-state index is -0.0161. The van der Waals surface area contributed by atoms with E-state index in [9.17, 15) is 0 Å². The van der Waals surface area contributed by atoms with Gasteiger partial charge >= 0.3 is 0 Å². The highest BCUT2D eigenvalue weighted by atomic mass is 32.2. The Morgan fingerprint density at radius 2 is 2.06 bits per heavy atom. The van der Waals surface area contributed by atoms with Crippen molar-refractivity contribution in [3.63, 3.8) is 0 Å². The van der Waals surface area contributed by atoms with Gasteiger partial charge in [0.05, 0.1) is 24.5 Å². The average Bonchev–Trinajstić information content (AvgIpc) is 2.87. The second-order valence-electron chi connectivity index (χ2n) is 4.20. The third-order valence-electron chi connectivity index (χ3n) is 2.88. The minimum Gasteiger partial charge on any atom is -0.323 e. The summed E-state index contributed by atoms with van der Waals surface area (Å²) in [6.07, 6.45) is 4.88. The Morgan fingerprint density at radius 1 is 1.33 bits per heavy atom. The lowest BCUT2D eigenvalue weighted by Crippen LogP contribution is -2.08. The van der Waals surface area contributed by atoms with Gasteiger partial charge in [0.25, 0.3) is 0 Å². The molecule has 0 spiro atoms. The summed E-state index contributed by atoms with van der Waals surface area (Å²) >= 11 is 1.74. The van der Waals surface area contributed by atoms with E-state index in [0.717, 1.165) is 18.7 Å². The van der Waals surface area contributed by atoms with Gasteiger partial charge in [-0.15, -0.1) is 16.9 Å². The SMILES string of the molecule is CCC(N)c1cn(Cc2ccc(SC)cc2)nn1. The van der Waals surface area contributed by atoms with Crippen LogP contribution in [0.5, 0.6) is 0 Å². The number of aromatic nitrogens is 3. The first-order valence-corrected chi connectivity index (χ1v) is 7.24. The van der Waals surface area contributed by atoms with Crippen molar-refractivity contribution < 1.29 is 0 Å². The van der Waals surface area contributed by atoms with E-state index in [1.165, 1.54) is 10.5 Å². The standard InChI is InChI=1S/C13H18N4S/c1-3-12(14)13-9-17(16-15-13)8-10-4-6-11(18-2)7-5-10/h4-7,9,12H,3,8,14H2,1-2H3. The van der Waals surface area contributed by atoms with Gasteiger partial charge in [-0.2, -0.15) is 0 Å². The highest BCUT2D eigenvalue weighted by Crippen LogP contribution is 2.15. The Balaban J connectivity index is 2.06. The first-order valence-electron chi connectivity index (χ1n) is 6.01. The summed E-state index contributed by atoms with van der Waals surface area (Å²) in [5, 5.41) is 8.21. The van der Waals surface area contributed by atoms with Crippen molar-refractivity contribution in [1.82, 2.24) is 15.0 Å². The third kappa shape index (κ3) is 3.11. The quantitative estimate of drug-likeness (QED) is 0.841. The molecule has 1 aromatic heterocycles. The van der Waals surface area contributed by atoms with Crippen LogP contribution in [0.3, 0.4) is 0 Å². The molecule has 0 aliphatic rings. The summed E-state index contributed by atoms with van der Waals surface area (Å²) < 4.78 is 1.83. The fraction of sp³-hybridized carbons (Fsp3) is 0.385. The Labute approximate surface area is 112 Å². The molecule has 2 N–H and O–H groups in total. The number of thioether (sulfide) groups is 1. The van der Waals surface area contributed by atoms with Crippen molar-refractivity contribution in [3.05, 3.63) is 41.7 Å². The lowest BCUT2D eigenvalue weighted by Gasteiger charge is -2.03. The highest BCUT2D eigenvalue weighted by molar-refractivity contribution is 7.98. The fourth-order valence-electron chi connectivity index (χ4n) is 1.69. The molecule has 4 nitrogen and oxygen atoms in total. The van der Waals surface area contributed by atoms with E-state index < -0.39 is 0 Å². The van der Waals surface area contributed by atoms with E-state index in [-0.39, 0.29) is 6.04 Å². The van der Waals surface area contributed by atoms with Gasteiger partial charge in [-0.25, -0.2) is 4.68 Å². The maximum absolute atomic E-state index is 5.92. The monoisotopic (exact) mass is 262 g/mol. The van der Waals surface area contributed by atoms with Crippen LogP contribution >= 0.6 is 11.8 Å². The van der Waals surface area contributed by atoms with Crippen LogP contribution in [0.1, 0.15) is 30.6 Å². The van der Waals surface area contributed by atoms with E-state index in [4.69, 9.17) is 5.73 Å². The normalized spacial score (nSPS) is 12.6. The molecule has 2 rings (SSSR count). The van der Waals surface area contributed by atoms with E-state index in [0.29, 0.717) is 0 Å². The zero-order valence-electron chi connectivity index (χ0n) is 10.7. The van der Waals surface area contributed by atoms with Crippen molar-refractivity contribution in [2.45, 2.75) is 30.8 Å². The molecule has 0 radical (unpaired) electrons. The van der Waals surface area contributed by atoms with Crippen molar-refractivity contribution in [2.24, 2.45) is 5.73 Å². The Morgan fingerprint density at radius 3 is 2.67 bits per heavy atom. The van der Waals surface area contributed by atoms with Crippen LogP contribution in [0.25, 0.3) is 0 Å². The molecule has 0 saturated heterocycles. The molecule has 0 bridgehead atoms. The lowest BCUT2D eigenvalue weighted by atomic mass is 10.2. The van der Waals surface area contributed by atoms with E-state index in [1.54, 1.807) is 11.8 Å². The van der Waals surface area contributed by atoms with Crippen LogP contribution in [0, 0.1) is 0 Å². The average molecular weight is 262 g/mol. The van der Waals surface area contributed by atoms with Gasteiger partial charge in [-0.1, -0.05) is 24.3 Å². The Kier molecular flexibility index (Phi) is 4.38. The molecular weight excluding hydrogens is 244 g/mol. The summed E-state index contributed by atoms with van der Waals surface area (Å²) in [6, 6.07) is 8.46. The predicted molar refractivity (Wildman–Crippen MR) is 74.6 cm³/mol. The van der Waals surface area contributed by atoms with Crippen LogP contribution in [-0.4, -0.2) is 21.2 Å². The number of rotatable bonds is 5. The molecule has 1 atom stereocenters. The molecule has 18 heavy (non-hydrogen) atoms. The summed E-state index contributed by atoms with van der Waals surface area (Å²) in [5.41, 5.74) is 8.00. The molecule has 0 aliphatic carbocycles.